The number of amides is 4. The Morgan fingerprint density at radius 2 is 1.88 bits per heavy atom. The van der Waals surface area contributed by atoms with Gasteiger partial charge in [-0.15, -0.1) is 0 Å². The van der Waals surface area contributed by atoms with Gasteiger partial charge in [-0.25, -0.2) is 8.78 Å². The molecule has 12 nitrogen and oxygen atoms in total. The van der Waals surface area contributed by atoms with Gasteiger partial charge >= 0.3 is 0 Å². The summed E-state index contributed by atoms with van der Waals surface area (Å²) in [4.78, 5) is 56.1. The highest BCUT2D eigenvalue weighted by atomic mass is 19.1. The number of nitrogens with one attached hydrogen (secondary N) is 3. The molecule has 2 aliphatic rings. The number of hydrogen-bond donors (Lipinski definition) is 3. The number of anilines is 1. The lowest BCUT2D eigenvalue weighted by Gasteiger charge is -2.28. The van der Waals surface area contributed by atoms with Gasteiger partial charge < -0.3 is 24.8 Å². The number of carbonyl (C=O) groups is 4. The lowest BCUT2D eigenvalue weighted by molar-refractivity contribution is -0.134. The zero-order chi connectivity index (χ0) is 39.5. The summed E-state index contributed by atoms with van der Waals surface area (Å²) in [6, 6.07) is 14.3. The van der Waals surface area contributed by atoms with Crippen LogP contribution in [0, 0.1) is 23.5 Å². The molecule has 0 saturated carbocycles. The number of ether oxygens (including phenoxy) is 1. The van der Waals surface area contributed by atoms with E-state index in [1.165, 1.54) is 24.1 Å². The van der Waals surface area contributed by atoms with Crippen molar-refractivity contribution < 1.29 is 32.7 Å². The summed E-state index contributed by atoms with van der Waals surface area (Å²) in [6.07, 6.45) is 6.66. The van der Waals surface area contributed by atoms with Crippen LogP contribution >= 0.6 is 0 Å². The van der Waals surface area contributed by atoms with Crippen molar-refractivity contribution >= 4 is 45.8 Å². The molecule has 4 heterocycles. The first-order valence-corrected chi connectivity index (χ1v) is 18.1. The number of halogens is 2. The second kappa shape index (κ2) is 15.9. The van der Waals surface area contributed by atoms with Gasteiger partial charge in [0.05, 0.1) is 23.9 Å². The molecule has 0 spiro atoms. The average Bonchev–Trinajstić information content (AvgIpc) is 3.89. The molecule has 14 heteroatoms. The maximum atomic E-state index is 16.5. The Labute approximate surface area is 321 Å². The Balaban J connectivity index is 1.17. The zero-order valence-electron chi connectivity index (χ0n) is 31.0. The van der Waals surface area contributed by atoms with Gasteiger partial charge in [-0.1, -0.05) is 30.0 Å². The zero-order valence-corrected chi connectivity index (χ0v) is 31.0. The lowest BCUT2D eigenvalue weighted by atomic mass is 9.93. The number of methoxy groups -OCH3 is 1. The van der Waals surface area contributed by atoms with Gasteiger partial charge in [-0.3, -0.25) is 29.2 Å². The third kappa shape index (κ3) is 7.88. The second-order valence-electron chi connectivity index (χ2n) is 13.8. The molecule has 286 valence electrons. The van der Waals surface area contributed by atoms with Gasteiger partial charge in [0.25, 0.3) is 5.91 Å². The van der Waals surface area contributed by atoms with E-state index in [2.05, 4.69) is 32.6 Å². The Morgan fingerprint density at radius 3 is 2.59 bits per heavy atom. The van der Waals surface area contributed by atoms with Gasteiger partial charge in [0.1, 0.15) is 23.3 Å². The molecule has 1 atom stereocenters. The van der Waals surface area contributed by atoms with Gasteiger partial charge in [0.2, 0.25) is 17.7 Å². The standard InChI is InChI=1S/C42H39F2N7O5/c1-49(2)42(55)35-22-31-29(21-30(39(44)40(31)47-35)28-6-4-17-50(24-28)38(53)15-19-51-18-5-16-45-51)26-10-7-25(8-11-26)9-12-27-20-36(56-3)34(23-32(27)43)46-33-13-14-37(52)48-41(33)54/h5-8,10-11,16,18,20-23,33,46-47H,4,13-15,17,19,24H2,1-3H3,(H,48,52,54). The van der Waals surface area contributed by atoms with Crippen LogP contribution in [0.15, 0.2) is 73.1 Å². The number of hydrogen-bond acceptors (Lipinski definition) is 7. The Bertz CT molecular complexity index is 2440. The van der Waals surface area contributed by atoms with E-state index in [1.807, 2.05) is 18.2 Å². The van der Waals surface area contributed by atoms with Gasteiger partial charge in [0, 0.05) is 87.6 Å². The van der Waals surface area contributed by atoms with Crippen LogP contribution in [0.3, 0.4) is 0 Å². The minimum Gasteiger partial charge on any atom is -0.495 e. The monoisotopic (exact) mass is 759 g/mol. The number of fused-ring (bicyclic) bond motifs is 1. The van der Waals surface area contributed by atoms with Crippen molar-refractivity contribution in [1.82, 2.24) is 29.9 Å². The van der Waals surface area contributed by atoms with E-state index in [4.69, 9.17) is 4.74 Å². The average molecular weight is 760 g/mol. The fourth-order valence-electron chi connectivity index (χ4n) is 6.86. The van der Waals surface area contributed by atoms with Crippen LogP contribution in [0.1, 0.15) is 52.9 Å². The number of rotatable bonds is 9. The van der Waals surface area contributed by atoms with Gasteiger partial charge in [-0.05, 0) is 59.9 Å². The first kappa shape index (κ1) is 37.6. The van der Waals surface area contributed by atoms with E-state index in [0.717, 1.165) is 5.56 Å². The second-order valence-corrected chi connectivity index (χ2v) is 13.8. The Kier molecular flexibility index (Phi) is 10.7. The van der Waals surface area contributed by atoms with E-state index in [-0.39, 0.29) is 71.7 Å². The maximum Gasteiger partial charge on any atom is 0.269 e. The number of aromatic amines is 1. The van der Waals surface area contributed by atoms with E-state index in [9.17, 15) is 19.2 Å². The normalized spacial score (nSPS) is 15.5. The molecule has 2 aromatic heterocycles. The van der Waals surface area contributed by atoms with Crippen LogP contribution in [-0.2, 0) is 20.9 Å². The van der Waals surface area contributed by atoms with Crippen molar-refractivity contribution in [3.8, 4) is 28.7 Å². The van der Waals surface area contributed by atoms with Crippen molar-refractivity contribution in [3.05, 3.63) is 107 Å². The first-order chi connectivity index (χ1) is 27.0. The number of H-pyrrole nitrogens is 1. The molecule has 3 aromatic carbocycles. The molecule has 3 N–H and O–H groups in total. The minimum absolute atomic E-state index is 0.0543. The molecule has 7 rings (SSSR count). The molecule has 5 aromatic rings. The van der Waals surface area contributed by atoms with E-state index >= 15 is 8.78 Å². The summed E-state index contributed by atoms with van der Waals surface area (Å²) in [7, 11) is 4.66. The molecule has 0 aliphatic carbocycles. The van der Waals surface area contributed by atoms with Crippen molar-refractivity contribution in [2.24, 2.45) is 0 Å². The fraction of sp³-hybridized carbons (Fsp3) is 0.262. The van der Waals surface area contributed by atoms with Gasteiger partial charge in [0.15, 0.2) is 5.82 Å². The van der Waals surface area contributed by atoms with Crippen LogP contribution in [0.25, 0.3) is 27.6 Å². The number of carbonyl (C=O) groups excluding carboxylic acids is 4. The molecule has 0 bridgehead atoms. The number of nitrogens with zero attached hydrogens (tertiary/aromatic N) is 4. The highest BCUT2D eigenvalue weighted by Gasteiger charge is 2.28. The highest BCUT2D eigenvalue weighted by Crippen LogP contribution is 2.37. The summed E-state index contributed by atoms with van der Waals surface area (Å²) < 4.78 is 38.9. The Hall–Kier alpha value is -6.75. The van der Waals surface area contributed by atoms with Crippen molar-refractivity contribution in [2.45, 2.75) is 38.3 Å². The smallest absolute Gasteiger partial charge is 0.269 e. The van der Waals surface area contributed by atoms with Gasteiger partial charge in [-0.2, -0.15) is 5.10 Å². The van der Waals surface area contributed by atoms with Crippen LogP contribution < -0.4 is 15.4 Å². The summed E-state index contributed by atoms with van der Waals surface area (Å²) in [5, 5.41) is 9.91. The van der Waals surface area contributed by atoms with E-state index < -0.39 is 23.6 Å². The van der Waals surface area contributed by atoms with E-state index in [0.29, 0.717) is 47.2 Å². The van der Waals surface area contributed by atoms with Crippen molar-refractivity contribution in [2.75, 3.05) is 39.6 Å². The molecular weight excluding hydrogens is 721 g/mol. The quantitative estimate of drug-likeness (QED) is 0.136. The highest BCUT2D eigenvalue weighted by molar-refractivity contribution is 6.05. The molecule has 1 saturated heterocycles. The van der Waals surface area contributed by atoms with Crippen LogP contribution in [0.5, 0.6) is 5.75 Å². The number of imide groups is 1. The number of aryl methyl sites for hydroxylation is 1. The number of aromatic nitrogens is 3. The molecule has 56 heavy (non-hydrogen) atoms. The summed E-state index contributed by atoms with van der Waals surface area (Å²) in [5.74, 6) is 3.76. The van der Waals surface area contributed by atoms with E-state index in [1.54, 1.807) is 66.4 Å². The lowest BCUT2D eigenvalue weighted by Crippen LogP contribution is -2.47. The van der Waals surface area contributed by atoms with Crippen LogP contribution in [-0.4, -0.2) is 88.5 Å². The SMILES string of the molecule is COc1cc(C#Cc2ccc(-c3cc(C4=CCCN(C(=O)CCn5cccn5)C4)c(F)c4[nH]c(C(=O)N(C)C)cc34)cc2)c(F)cc1NC1CCC(=O)NC1=O. The summed E-state index contributed by atoms with van der Waals surface area (Å²) >= 11 is 0. The first-order valence-electron chi connectivity index (χ1n) is 18.1. The summed E-state index contributed by atoms with van der Waals surface area (Å²) in [5.41, 5.74) is 3.70. The molecule has 1 unspecified atom stereocenters. The predicted molar refractivity (Wildman–Crippen MR) is 206 cm³/mol. The maximum absolute atomic E-state index is 16.5. The number of benzene rings is 3. The summed E-state index contributed by atoms with van der Waals surface area (Å²) in [6.45, 7) is 1.19. The third-order valence-electron chi connectivity index (χ3n) is 9.85. The third-order valence-corrected chi connectivity index (χ3v) is 9.85. The molecule has 0 radical (unpaired) electrons. The Morgan fingerprint density at radius 1 is 1.07 bits per heavy atom. The largest absolute Gasteiger partial charge is 0.495 e. The van der Waals surface area contributed by atoms with Crippen LogP contribution in [0.4, 0.5) is 14.5 Å². The molecule has 4 amide bonds. The van der Waals surface area contributed by atoms with Crippen LogP contribution in [0.2, 0.25) is 0 Å². The minimum atomic E-state index is -0.719. The molecular formula is C42H39F2N7O5. The van der Waals surface area contributed by atoms with Crippen molar-refractivity contribution in [1.29, 1.82) is 0 Å². The fourth-order valence-corrected chi connectivity index (χ4v) is 6.86. The molecule has 2 aliphatic heterocycles. The number of piperidine rings is 1. The molecule has 1 fully saturated rings. The topological polar surface area (TPSA) is 142 Å². The predicted octanol–water partition coefficient (Wildman–Crippen LogP) is 5.34. The van der Waals surface area contributed by atoms with Crippen molar-refractivity contribution in [3.63, 3.8) is 0 Å².